The van der Waals surface area contributed by atoms with E-state index in [4.69, 9.17) is 4.98 Å². The zero-order valence-electron chi connectivity index (χ0n) is 12.3. The molecular formula is C17H19N3S. The maximum absolute atomic E-state index is 4.73. The highest BCUT2D eigenvalue weighted by Gasteiger charge is 2.08. The van der Waals surface area contributed by atoms with E-state index in [0.717, 1.165) is 30.1 Å². The van der Waals surface area contributed by atoms with Crippen LogP contribution in [0.15, 0.2) is 53.4 Å². The van der Waals surface area contributed by atoms with Gasteiger partial charge in [0.1, 0.15) is 5.82 Å². The smallest absolute Gasteiger partial charge is 0.129 e. The lowest BCUT2D eigenvalue weighted by molar-refractivity contribution is 0.729. The largest absolute Gasteiger partial charge is 0.378 e. The topological polar surface area (TPSA) is 29.9 Å². The second-order valence-electron chi connectivity index (χ2n) is 4.84. The zero-order valence-corrected chi connectivity index (χ0v) is 13.2. The number of benzene rings is 2. The molecule has 0 saturated carbocycles. The first-order chi connectivity index (χ1) is 10.3. The molecule has 2 aromatic carbocycles. The van der Waals surface area contributed by atoms with Gasteiger partial charge in [-0.2, -0.15) is 0 Å². The Labute approximate surface area is 129 Å². The standard InChI is InChI=1S/C17H19N3S/c1-3-20-16-7-5-4-6-15(16)19-17(20)12-18-13-8-10-14(21-2)11-9-13/h4-11,18H,3,12H2,1-2H3. The third-order valence-corrected chi connectivity index (χ3v) is 4.33. The Morgan fingerprint density at radius 1 is 1.10 bits per heavy atom. The number of fused-ring (bicyclic) bond motifs is 1. The summed E-state index contributed by atoms with van der Waals surface area (Å²) in [5, 5.41) is 3.46. The van der Waals surface area contributed by atoms with Crippen LogP contribution in [0.5, 0.6) is 0 Å². The molecule has 0 atom stereocenters. The highest BCUT2D eigenvalue weighted by atomic mass is 32.2. The molecule has 0 aliphatic carbocycles. The summed E-state index contributed by atoms with van der Waals surface area (Å²) in [5.41, 5.74) is 3.39. The molecule has 1 heterocycles. The van der Waals surface area contributed by atoms with Gasteiger partial charge in [-0.05, 0) is 49.6 Å². The Balaban J connectivity index is 1.80. The molecule has 0 radical (unpaired) electrons. The van der Waals surface area contributed by atoms with Crippen molar-refractivity contribution < 1.29 is 0 Å². The van der Waals surface area contributed by atoms with Crippen molar-refractivity contribution in [2.45, 2.75) is 24.9 Å². The van der Waals surface area contributed by atoms with E-state index in [9.17, 15) is 0 Å². The van der Waals surface area contributed by atoms with Crippen molar-refractivity contribution >= 4 is 28.5 Å². The number of thioether (sulfide) groups is 1. The number of aryl methyl sites for hydroxylation is 1. The molecule has 0 spiro atoms. The van der Waals surface area contributed by atoms with Gasteiger partial charge in [-0.25, -0.2) is 4.98 Å². The Morgan fingerprint density at radius 3 is 2.57 bits per heavy atom. The van der Waals surface area contributed by atoms with Crippen LogP contribution in [0.4, 0.5) is 5.69 Å². The number of nitrogens with zero attached hydrogens (tertiary/aromatic N) is 2. The Bertz CT molecular complexity index is 731. The number of anilines is 1. The van der Waals surface area contributed by atoms with Crippen LogP contribution in [0.25, 0.3) is 11.0 Å². The summed E-state index contributed by atoms with van der Waals surface area (Å²) in [4.78, 5) is 6.01. The lowest BCUT2D eigenvalue weighted by Gasteiger charge is -2.09. The van der Waals surface area contributed by atoms with Gasteiger partial charge in [0.2, 0.25) is 0 Å². The van der Waals surface area contributed by atoms with Crippen LogP contribution in [0.1, 0.15) is 12.7 Å². The number of hydrogen-bond donors (Lipinski definition) is 1. The number of nitrogens with one attached hydrogen (secondary N) is 1. The van der Waals surface area contributed by atoms with Crippen molar-refractivity contribution in [2.24, 2.45) is 0 Å². The van der Waals surface area contributed by atoms with Crippen molar-refractivity contribution in [3.05, 3.63) is 54.4 Å². The van der Waals surface area contributed by atoms with E-state index in [1.807, 2.05) is 6.07 Å². The molecule has 3 rings (SSSR count). The average Bonchev–Trinajstić information content (AvgIpc) is 2.91. The van der Waals surface area contributed by atoms with Gasteiger partial charge in [0, 0.05) is 17.1 Å². The first-order valence-corrected chi connectivity index (χ1v) is 8.36. The Kier molecular flexibility index (Phi) is 4.15. The summed E-state index contributed by atoms with van der Waals surface area (Å²) in [6, 6.07) is 16.8. The summed E-state index contributed by atoms with van der Waals surface area (Å²) >= 11 is 1.76. The molecule has 3 nitrogen and oxygen atoms in total. The normalized spacial score (nSPS) is 11.0. The van der Waals surface area contributed by atoms with Crippen LogP contribution in [-0.2, 0) is 13.1 Å². The Morgan fingerprint density at radius 2 is 1.86 bits per heavy atom. The second kappa shape index (κ2) is 6.22. The van der Waals surface area contributed by atoms with E-state index in [1.165, 1.54) is 10.4 Å². The summed E-state index contributed by atoms with van der Waals surface area (Å²) in [6.45, 7) is 3.83. The number of imidazole rings is 1. The Hall–Kier alpha value is -1.94. The second-order valence-corrected chi connectivity index (χ2v) is 5.72. The molecule has 0 aliphatic heterocycles. The number of para-hydroxylation sites is 2. The third kappa shape index (κ3) is 2.90. The van der Waals surface area contributed by atoms with Crippen molar-refractivity contribution in [1.82, 2.24) is 9.55 Å². The van der Waals surface area contributed by atoms with E-state index >= 15 is 0 Å². The number of aromatic nitrogens is 2. The molecule has 0 amide bonds. The number of rotatable bonds is 5. The summed E-state index contributed by atoms with van der Waals surface area (Å²) in [7, 11) is 0. The van der Waals surface area contributed by atoms with Gasteiger partial charge in [-0.1, -0.05) is 12.1 Å². The molecule has 0 bridgehead atoms. The lowest BCUT2D eigenvalue weighted by Crippen LogP contribution is -2.07. The third-order valence-electron chi connectivity index (χ3n) is 3.59. The minimum Gasteiger partial charge on any atom is -0.378 e. The molecule has 3 aromatic rings. The van der Waals surface area contributed by atoms with Crippen LogP contribution in [0.2, 0.25) is 0 Å². The predicted molar refractivity (Wildman–Crippen MR) is 91.0 cm³/mol. The molecular weight excluding hydrogens is 278 g/mol. The van der Waals surface area contributed by atoms with Crippen molar-refractivity contribution in [2.75, 3.05) is 11.6 Å². The van der Waals surface area contributed by atoms with Crippen LogP contribution in [0, 0.1) is 0 Å². The van der Waals surface area contributed by atoms with Crippen LogP contribution >= 0.6 is 11.8 Å². The van der Waals surface area contributed by atoms with E-state index in [1.54, 1.807) is 11.8 Å². The SMILES string of the molecule is CCn1c(CNc2ccc(SC)cc2)nc2ccccc21. The first kappa shape index (κ1) is 14.0. The van der Waals surface area contributed by atoms with Gasteiger partial charge < -0.3 is 9.88 Å². The predicted octanol–water partition coefficient (Wildman–Crippen LogP) is 4.39. The first-order valence-electron chi connectivity index (χ1n) is 7.14. The van der Waals surface area contributed by atoms with Crippen LogP contribution in [0.3, 0.4) is 0 Å². The molecule has 4 heteroatoms. The van der Waals surface area contributed by atoms with E-state index < -0.39 is 0 Å². The zero-order chi connectivity index (χ0) is 14.7. The highest BCUT2D eigenvalue weighted by Crippen LogP contribution is 2.19. The van der Waals surface area contributed by atoms with Gasteiger partial charge >= 0.3 is 0 Å². The average molecular weight is 297 g/mol. The van der Waals surface area contributed by atoms with Crippen molar-refractivity contribution in [3.8, 4) is 0 Å². The van der Waals surface area contributed by atoms with Gasteiger partial charge in [-0.15, -0.1) is 11.8 Å². The van der Waals surface area contributed by atoms with Crippen LogP contribution in [-0.4, -0.2) is 15.8 Å². The lowest BCUT2D eigenvalue weighted by atomic mass is 10.3. The van der Waals surface area contributed by atoms with Gasteiger partial charge in [0.05, 0.1) is 17.6 Å². The maximum atomic E-state index is 4.73. The van der Waals surface area contributed by atoms with Gasteiger partial charge in [0.25, 0.3) is 0 Å². The number of hydrogen-bond acceptors (Lipinski definition) is 3. The molecule has 1 N–H and O–H groups in total. The summed E-state index contributed by atoms with van der Waals surface area (Å²) in [6.07, 6.45) is 2.09. The molecule has 0 saturated heterocycles. The fourth-order valence-electron chi connectivity index (χ4n) is 2.50. The van der Waals surface area contributed by atoms with Crippen molar-refractivity contribution in [3.63, 3.8) is 0 Å². The molecule has 108 valence electrons. The van der Waals surface area contributed by atoms with E-state index in [0.29, 0.717) is 0 Å². The van der Waals surface area contributed by atoms with Crippen molar-refractivity contribution in [1.29, 1.82) is 0 Å². The van der Waals surface area contributed by atoms with E-state index in [-0.39, 0.29) is 0 Å². The molecule has 0 fully saturated rings. The quantitative estimate of drug-likeness (QED) is 0.708. The van der Waals surface area contributed by atoms with Gasteiger partial charge in [0.15, 0.2) is 0 Å². The fraction of sp³-hybridized carbons (Fsp3) is 0.235. The minimum atomic E-state index is 0.737. The van der Waals surface area contributed by atoms with Gasteiger partial charge in [-0.3, -0.25) is 0 Å². The van der Waals surface area contributed by atoms with E-state index in [2.05, 4.69) is 65.5 Å². The monoisotopic (exact) mass is 297 g/mol. The summed E-state index contributed by atoms with van der Waals surface area (Å²) in [5.74, 6) is 1.08. The molecule has 1 aromatic heterocycles. The highest BCUT2D eigenvalue weighted by molar-refractivity contribution is 7.98. The molecule has 21 heavy (non-hydrogen) atoms. The van der Waals surface area contributed by atoms with Crippen LogP contribution < -0.4 is 5.32 Å². The molecule has 0 unspecified atom stereocenters. The maximum Gasteiger partial charge on any atom is 0.129 e. The molecule has 0 aliphatic rings. The minimum absolute atomic E-state index is 0.737. The fourth-order valence-corrected chi connectivity index (χ4v) is 2.91. The summed E-state index contributed by atoms with van der Waals surface area (Å²) < 4.78 is 2.26.